The minimum Gasteiger partial charge on any atom is -0.497 e. The third kappa shape index (κ3) is 3.97. The molecule has 6 heteroatoms. The van der Waals surface area contributed by atoms with E-state index in [1.54, 1.807) is 19.4 Å². The molecular weight excluding hydrogens is 352 g/mol. The molecule has 3 aromatic rings. The van der Waals surface area contributed by atoms with E-state index >= 15 is 0 Å². The molecule has 144 valence electrons. The molecule has 0 aliphatic carbocycles. The summed E-state index contributed by atoms with van der Waals surface area (Å²) in [4.78, 5) is 23.9. The van der Waals surface area contributed by atoms with Crippen LogP contribution in [0.25, 0.3) is 5.69 Å². The lowest BCUT2D eigenvalue weighted by Gasteiger charge is -2.31. The molecule has 1 unspecified atom stereocenters. The molecule has 0 saturated carbocycles. The van der Waals surface area contributed by atoms with Crippen LogP contribution in [0.3, 0.4) is 0 Å². The van der Waals surface area contributed by atoms with Crippen molar-refractivity contribution in [2.75, 3.05) is 20.2 Å². The number of aromatic nitrogens is 3. The lowest BCUT2D eigenvalue weighted by Crippen LogP contribution is -2.39. The summed E-state index contributed by atoms with van der Waals surface area (Å²) < 4.78 is 7.33. The molecule has 2 aromatic heterocycles. The number of Topliss-reactive ketones (excluding diaryl/α,β-unsaturated/α-hetero) is 1. The molecule has 0 amide bonds. The number of pyridine rings is 1. The van der Waals surface area contributed by atoms with Crippen LogP contribution in [0.5, 0.6) is 5.75 Å². The van der Waals surface area contributed by atoms with Gasteiger partial charge >= 0.3 is 0 Å². The monoisotopic (exact) mass is 376 g/mol. The smallest absolute Gasteiger partial charge is 0.185 e. The first kappa shape index (κ1) is 18.4. The van der Waals surface area contributed by atoms with Gasteiger partial charge in [-0.3, -0.25) is 14.7 Å². The number of ether oxygens (including phenoxy) is 1. The van der Waals surface area contributed by atoms with Gasteiger partial charge in [0.25, 0.3) is 0 Å². The van der Waals surface area contributed by atoms with Crippen molar-refractivity contribution >= 4 is 5.78 Å². The summed E-state index contributed by atoms with van der Waals surface area (Å²) in [7, 11) is 1.66. The lowest BCUT2D eigenvalue weighted by atomic mass is 9.92. The largest absolute Gasteiger partial charge is 0.497 e. The third-order valence-corrected chi connectivity index (χ3v) is 5.23. The van der Waals surface area contributed by atoms with E-state index in [0.717, 1.165) is 43.2 Å². The standard InChI is InChI=1S/C22H24N4O2/c1-28-19-9-7-18(8-10-19)26-14-12-24-21(26)16-25-13-4-5-17(15-25)22(27)20-6-2-3-11-23-20/h2-3,6-12,14,17H,4-5,13,15-16H2,1H3. The molecule has 1 saturated heterocycles. The topological polar surface area (TPSA) is 60.2 Å². The Hall–Kier alpha value is -2.99. The average Bonchev–Trinajstić information content (AvgIpc) is 3.22. The van der Waals surface area contributed by atoms with E-state index in [4.69, 9.17) is 4.74 Å². The summed E-state index contributed by atoms with van der Waals surface area (Å²) in [5, 5.41) is 0. The molecule has 1 aromatic carbocycles. The van der Waals surface area contributed by atoms with Gasteiger partial charge in [0.15, 0.2) is 5.78 Å². The Bertz CT molecular complexity index is 921. The fraction of sp³-hybridized carbons (Fsp3) is 0.318. The molecule has 1 aliphatic rings. The highest BCUT2D eigenvalue weighted by Crippen LogP contribution is 2.23. The predicted octanol–water partition coefficient (Wildman–Crippen LogP) is 3.37. The van der Waals surface area contributed by atoms with Crippen molar-refractivity contribution in [3.8, 4) is 11.4 Å². The number of ketones is 1. The van der Waals surface area contributed by atoms with Gasteiger partial charge in [-0.2, -0.15) is 0 Å². The Kier molecular flexibility index (Phi) is 5.48. The number of methoxy groups -OCH3 is 1. The van der Waals surface area contributed by atoms with E-state index < -0.39 is 0 Å². The van der Waals surface area contributed by atoms with Crippen LogP contribution in [-0.4, -0.2) is 45.4 Å². The number of hydrogen-bond donors (Lipinski definition) is 0. The lowest BCUT2D eigenvalue weighted by molar-refractivity contribution is 0.0803. The number of rotatable bonds is 6. The van der Waals surface area contributed by atoms with Crippen molar-refractivity contribution in [3.63, 3.8) is 0 Å². The number of hydrogen-bond acceptors (Lipinski definition) is 5. The summed E-state index contributed by atoms with van der Waals surface area (Å²) in [6.45, 7) is 2.43. The van der Waals surface area contributed by atoms with E-state index in [1.165, 1.54) is 0 Å². The summed E-state index contributed by atoms with van der Waals surface area (Å²) in [5.41, 5.74) is 1.61. The average molecular weight is 376 g/mol. The van der Waals surface area contributed by atoms with Crippen LogP contribution in [0.1, 0.15) is 29.2 Å². The quantitative estimate of drug-likeness (QED) is 0.617. The van der Waals surface area contributed by atoms with Crippen LogP contribution >= 0.6 is 0 Å². The Morgan fingerprint density at radius 3 is 2.75 bits per heavy atom. The van der Waals surface area contributed by atoms with Crippen LogP contribution < -0.4 is 4.74 Å². The van der Waals surface area contributed by atoms with Crippen molar-refractivity contribution in [3.05, 3.63) is 72.6 Å². The summed E-state index contributed by atoms with van der Waals surface area (Å²) in [5.74, 6) is 1.94. The van der Waals surface area contributed by atoms with Gasteiger partial charge in [-0.1, -0.05) is 6.07 Å². The maximum Gasteiger partial charge on any atom is 0.185 e. The van der Waals surface area contributed by atoms with E-state index in [0.29, 0.717) is 12.2 Å². The van der Waals surface area contributed by atoms with Gasteiger partial charge in [0, 0.05) is 36.7 Å². The minimum absolute atomic E-state index is 0.00644. The van der Waals surface area contributed by atoms with Crippen LogP contribution in [0.2, 0.25) is 0 Å². The Labute approximate surface area is 164 Å². The van der Waals surface area contributed by atoms with Crippen LogP contribution in [0, 0.1) is 5.92 Å². The number of benzene rings is 1. The minimum atomic E-state index is -0.00644. The Morgan fingerprint density at radius 1 is 1.14 bits per heavy atom. The molecule has 0 spiro atoms. The molecule has 0 radical (unpaired) electrons. The van der Waals surface area contributed by atoms with Crippen molar-refractivity contribution in [2.24, 2.45) is 5.92 Å². The molecule has 3 heterocycles. The second kappa shape index (κ2) is 8.35. The molecule has 28 heavy (non-hydrogen) atoms. The Balaban J connectivity index is 1.46. The SMILES string of the molecule is COc1ccc(-n2ccnc2CN2CCCC(C(=O)c3ccccn3)C2)cc1. The molecule has 0 bridgehead atoms. The number of carbonyl (C=O) groups excluding carboxylic acids is 1. The Morgan fingerprint density at radius 2 is 2.00 bits per heavy atom. The molecular formula is C22H24N4O2. The van der Waals surface area contributed by atoms with Gasteiger partial charge in [-0.25, -0.2) is 4.98 Å². The third-order valence-electron chi connectivity index (χ3n) is 5.23. The number of piperidine rings is 1. The van der Waals surface area contributed by atoms with Gasteiger partial charge in [0.1, 0.15) is 17.3 Å². The second-order valence-corrected chi connectivity index (χ2v) is 7.06. The van der Waals surface area contributed by atoms with E-state index in [2.05, 4.69) is 19.4 Å². The van der Waals surface area contributed by atoms with E-state index in [1.807, 2.05) is 48.8 Å². The first-order valence-electron chi connectivity index (χ1n) is 9.59. The summed E-state index contributed by atoms with van der Waals surface area (Å²) >= 11 is 0. The zero-order chi connectivity index (χ0) is 19.3. The van der Waals surface area contributed by atoms with Gasteiger partial charge in [0.05, 0.1) is 13.7 Å². The van der Waals surface area contributed by atoms with Gasteiger partial charge < -0.3 is 9.30 Å². The van der Waals surface area contributed by atoms with Gasteiger partial charge in [-0.15, -0.1) is 0 Å². The molecule has 1 aliphatic heterocycles. The van der Waals surface area contributed by atoms with Crippen molar-refractivity contribution in [2.45, 2.75) is 19.4 Å². The van der Waals surface area contributed by atoms with E-state index in [9.17, 15) is 4.79 Å². The summed E-state index contributed by atoms with van der Waals surface area (Å²) in [6, 6.07) is 13.4. The fourth-order valence-corrected chi connectivity index (χ4v) is 3.76. The first-order valence-corrected chi connectivity index (χ1v) is 9.59. The van der Waals surface area contributed by atoms with Gasteiger partial charge in [-0.05, 0) is 55.8 Å². The number of likely N-dealkylation sites (tertiary alicyclic amines) is 1. The highest BCUT2D eigenvalue weighted by atomic mass is 16.5. The number of imidazole rings is 1. The molecule has 1 fully saturated rings. The normalized spacial score (nSPS) is 17.4. The second-order valence-electron chi connectivity index (χ2n) is 7.06. The summed E-state index contributed by atoms with van der Waals surface area (Å²) in [6.07, 6.45) is 7.39. The molecule has 0 N–H and O–H groups in total. The molecule has 1 atom stereocenters. The van der Waals surface area contributed by atoms with Crippen molar-refractivity contribution < 1.29 is 9.53 Å². The molecule has 4 rings (SSSR count). The number of nitrogens with zero attached hydrogens (tertiary/aromatic N) is 4. The van der Waals surface area contributed by atoms with E-state index in [-0.39, 0.29) is 11.7 Å². The maximum atomic E-state index is 12.8. The van der Waals surface area contributed by atoms with Crippen molar-refractivity contribution in [1.29, 1.82) is 0 Å². The maximum absolute atomic E-state index is 12.8. The highest BCUT2D eigenvalue weighted by molar-refractivity contribution is 5.96. The van der Waals surface area contributed by atoms with Gasteiger partial charge in [0.2, 0.25) is 0 Å². The van der Waals surface area contributed by atoms with Crippen LogP contribution in [0.4, 0.5) is 0 Å². The van der Waals surface area contributed by atoms with Crippen LogP contribution in [-0.2, 0) is 6.54 Å². The van der Waals surface area contributed by atoms with Crippen molar-refractivity contribution in [1.82, 2.24) is 19.4 Å². The zero-order valence-corrected chi connectivity index (χ0v) is 16.0. The van der Waals surface area contributed by atoms with Crippen LogP contribution in [0.15, 0.2) is 61.1 Å². The number of carbonyl (C=O) groups is 1. The predicted molar refractivity (Wildman–Crippen MR) is 107 cm³/mol. The fourth-order valence-electron chi connectivity index (χ4n) is 3.76. The molecule has 6 nitrogen and oxygen atoms in total. The highest BCUT2D eigenvalue weighted by Gasteiger charge is 2.27. The first-order chi connectivity index (χ1) is 13.7. The zero-order valence-electron chi connectivity index (χ0n) is 16.0.